The van der Waals surface area contributed by atoms with Crippen molar-refractivity contribution in [3.63, 3.8) is 0 Å². The van der Waals surface area contributed by atoms with E-state index in [0.717, 1.165) is 0 Å². The van der Waals surface area contributed by atoms with Crippen LogP contribution in [0, 0.1) is 5.82 Å². The zero-order valence-corrected chi connectivity index (χ0v) is 13.1. The lowest BCUT2D eigenvalue weighted by Crippen LogP contribution is -2.45. The summed E-state index contributed by atoms with van der Waals surface area (Å²) in [6.07, 6.45) is 0. The van der Waals surface area contributed by atoms with Gasteiger partial charge in [-0.3, -0.25) is 0 Å². The van der Waals surface area contributed by atoms with Gasteiger partial charge in [0.1, 0.15) is 5.82 Å². The predicted molar refractivity (Wildman–Crippen MR) is 77.8 cm³/mol. The van der Waals surface area contributed by atoms with Gasteiger partial charge >= 0.3 is 12.0 Å². The highest BCUT2D eigenvalue weighted by molar-refractivity contribution is 9.10. The van der Waals surface area contributed by atoms with Crippen molar-refractivity contribution in [2.75, 3.05) is 6.61 Å². The molecule has 1 aliphatic heterocycles. The average molecular weight is 357 g/mol. The lowest BCUT2D eigenvalue weighted by Gasteiger charge is -2.28. The minimum absolute atomic E-state index is 0.213. The first-order valence-corrected chi connectivity index (χ1v) is 7.13. The minimum Gasteiger partial charge on any atom is -0.463 e. The summed E-state index contributed by atoms with van der Waals surface area (Å²) in [6, 6.07) is 3.23. The number of ether oxygens (including phenoxy) is 1. The molecule has 1 heterocycles. The molecule has 112 valence electrons. The summed E-state index contributed by atoms with van der Waals surface area (Å²) in [5, 5.41) is 5.13. The molecule has 2 N–H and O–H groups in total. The largest absolute Gasteiger partial charge is 0.463 e. The molecule has 7 heteroatoms. The molecule has 0 aromatic heterocycles. The number of urea groups is 1. The normalized spacial score (nSPS) is 18.1. The van der Waals surface area contributed by atoms with Crippen LogP contribution < -0.4 is 10.6 Å². The molecule has 1 aromatic rings. The molecule has 0 saturated carbocycles. The molecule has 1 aliphatic rings. The molecular formula is C14H14BrFN2O3. The highest BCUT2D eigenvalue weighted by Gasteiger charge is 2.32. The lowest BCUT2D eigenvalue weighted by molar-refractivity contribution is -0.139. The molecule has 0 bridgehead atoms. The summed E-state index contributed by atoms with van der Waals surface area (Å²) in [4.78, 5) is 23.7. The fourth-order valence-electron chi connectivity index (χ4n) is 2.12. The van der Waals surface area contributed by atoms with E-state index in [1.165, 1.54) is 12.1 Å². The molecule has 0 saturated heterocycles. The summed E-state index contributed by atoms with van der Waals surface area (Å²) in [7, 11) is 0. The number of allylic oxidation sites excluding steroid dienone is 1. The number of amides is 2. The van der Waals surface area contributed by atoms with E-state index in [1.807, 2.05) is 0 Å². The second-order valence-electron chi connectivity index (χ2n) is 4.46. The zero-order chi connectivity index (χ0) is 15.6. The first-order valence-electron chi connectivity index (χ1n) is 6.34. The van der Waals surface area contributed by atoms with Crippen LogP contribution in [-0.2, 0) is 9.53 Å². The van der Waals surface area contributed by atoms with Gasteiger partial charge in [-0.15, -0.1) is 0 Å². The van der Waals surface area contributed by atoms with Crippen molar-refractivity contribution in [1.82, 2.24) is 10.6 Å². The summed E-state index contributed by atoms with van der Waals surface area (Å²) in [5.74, 6) is -1.02. The number of esters is 1. The van der Waals surface area contributed by atoms with Gasteiger partial charge in [-0.25, -0.2) is 14.0 Å². The topological polar surface area (TPSA) is 67.4 Å². The predicted octanol–water partition coefficient (Wildman–Crippen LogP) is 2.78. The van der Waals surface area contributed by atoms with Gasteiger partial charge in [0.15, 0.2) is 0 Å². The summed E-state index contributed by atoms with van der Waals surface area (Å²) in [6.45, 7) is 3.51. The maximum Gasteiger partial charge on any atom is 0.338 e. The standard InChI is InChI=1S/C14H14BrFN2O3/c1-3-21-13(19)11-7(2)17-14(20)18-12(11)8-4-5-9(15)10(16)6-8/h4-6,12H,3H2,1-2H3,(H2,17,18,20). The molecule has 1 aromatic carbocycles. The Balaban J connectivity index is 2.46. The Bertz CT molecular complexity index is 631. The van der Waals surface area contributed by atoms with Crippen molar-refractivity contribution in [1.29, 1.82) is 0 Å². The number of carbonyl (C=O) groups is 2. The second kappa shape index (κ2) is 6.26. The Labute approximate surface area is 129 Å². The van der Waals surface area contributed by atoms with Crippen LogP contribution in [0.4, 0.5) is 9.18 Å². The Morgan fingerprint density at radius 1 is 1.48 bits per heavy atom. The first kappa shape index (κ1) is 15.5. The fraction of sp³-hybridized carbons (Fsp3) is 0.286. The minimum atomic E-state index is -0.750. The van der Waals surface area contributed by atoms with Crippen LogP contribution in [0.15, 0.2) is 33.9 Å². The molecule has 2 amide bonds. The summed E-state index contributed by atoms with van der Waals surface area (Å²) < 4.78 is 19.0. The molecule has 0 spiro atoms. The maximum atomic E-state index is 13.7. The number of carbonyl (C=O) groups excluding carboxylic acids is 2. The van der Waals surface area contributed by atoms with Gasteiger partial charge < -0.3 is 15.4 Å². The van der Waals surface area contributed by atoms with E-state index < -0.39 is 23.9 Å². The van der Waals surface area contributed by atoms with Crippen LogP contribution in [0.5, 0.6) is 0 Å². The monoisotopic (exact) mass is 356 g/mol. The maximum absolute atomic E-state index is 13.7. The van der Waals surface area contributed by atoms with Crippen molar-refractivity contribution < 1.29 is 18.7 Å². The molecule has 1 atom stereocenters. The van der Waals surface area contributed by atoms with Gasteiger partial charge in [-0.1, -0.05) is 6.07 Å². The molecule has 2 rings (SSSR count). The third kappa shape index (κ3) is 3.24. The van der Waals surface area contributed by atoms with Gasteiger partial charge in [0.25, 0.3) is 0 Å². The molecule has 0 aliphatic carbocycles. The van der Waals surface area contributed by atoms with E-state index in [2.05, 4.69) is 26.6 Å². The highest BCUT2D eigenvalue weighted by atomic mass is 79.9. The van der Waals surface area contributed by atoms with Gasteiger partial charge in [0, 0.05) is 5.70 Å². The van der Waals surface area contributed by atoms with Gasteiger partial charge in [0.05, 0.1) is 22.7 Å². The number of nitrogens with one attached hydrogen (secondary N) is 2. The van der Waals surface area contributed by atoms with Crippen molar-refractivity contribution in [3.05, 3.63) is 45.3 Å². The Morgan fingerprint density at radius 3 is 2.81 bits per heavy atom. The van der Waals surface area contributed by atoms with E-state index in [1.54, 1.807) is 19.9 Å². The SMILES string of the molecule is CCOC(=O)C1=C(C)NC(=O)NC1c1ccc(Br)c(F)c1. The first-order chi connectivity index (χ1) is 9.93. The number of halogens is 2. The molecule has 5 nitrogen and oxygen atoms in total. The molecule has 0 fully saturated rings. The molecule has 0 radical (unpaired) electrons. The third-order valence-electron chi connectivity index (χ3n) is 3.04. The quantitative estimate of drug-likeness (QED) is 0.818. The Hall–Kier alpha value is -1.89. The smallest absolute Gasteiger partial charge is 0.338 e. The van der Waals surface area contributed by atoms with Crippen molar-refractivity contribution >= 4 is 27.9 Å². The Kier molecular flexibility index (Phi) is 4.62. The van der Waals surface area contributed by atoms with Crippen LogP contribution in [0.25, 0.3) is 0 Å². The van der Waals surface area contributed by atoms with Crippen LogP contribution in [0.1, 0.15) is 25.5 Å². The number of rotatable bonds is 3. The van der Waals surface area contributed by atoms with Crippen molar-refractivity contribution in [3.8, 4) is 0 Å². The van der Waals surface area contributed by atoms with Gasteiger partial charge in [0.2, 0.25) is 0 Å². The van der Waals surface area contributed by atoms with Crippen molar-refractivity contribution in [2.45, 2.75) is 19.9 Å². The van der Waals surface area contributed by atoms with Crippen LogP contribution in [0.3, 0.4) is 0 Å². The average Bonchev–Trinajstić information content (AvgIpc) is 2.41. The van der Waals surface area contributed by atoms with E-state index in [9.17, 15) is 14.0 Å². The van der Waals surface area contributed by atoms with Gasteiger partial charge in [-0.05, 0) is 47.5 Å². The molecular weight excluding hydrogens is 343 g/mol. The van der Waals surface area contributed by atoms with Crippen LogP contribution in [0.2, 0.25) is 0 Å². The summed E-state index contributed by atoms with van der Waals surface area (Å²) >= 11 is 3.07. The highest BCUT2D eigenvalue weighted by Crippen LogP contribution is 2.29. The van der Waals surface area contributed by atoms with Crippen LogP contribution in [-0.4, -0.2) is 18.6 Å². The van der Waals surface area contributed by atoms with E-state index in [-0.39, 0.29) is 12.2 Å². The molecule has 21 heavy (non-hydrogen) atoms. The zero-order valence-electron chi connectivity index (χ0n) is 11.5. The van der Waals surface area contributed by atoms with Crippen LogP contribution >= 0.6 is 15.9 Å². The number of hydrogen-bond acceptors (Lipinski definition) is 3. The summed E-state index contributed by atoms with van der Waals surface area (Å²) in [5.41, 5.74) is 1.12. The van der Waals surface area contributed by atoms with E-state index in [0.29, 0.717) is 15.7 Å². The lowest BCUT2D eigenvalue weighted by atomic mass is 9.95. The fourth-order valence-corrected chi connectivity index (χ4v) is 2.36. The van der Waals surface area contributed by atoms with Gasteiger partial charge in [-0.2, -0.15) is 0 Å². The van der Waals surface area contributed by atoms with E-state index >= 15 is 0 Å². The third-order valence-corrected chi connectivity index (χ3v) is 3.68. The Morgan fingerprint density at radius 2 is 2.19 bits per heavy atom. The molecule has 1 unspecified atom stereocenters. The number of benzene rings is 1. The van der Waals surface area contributed by atoms with E-state index in [4.69, 9.17) is 4.74 Å². The van der Waals surface area contributed by atoms with Crippen molar-refractivity contribution in [2.24, 2.45) is 0 Å². The number of hydrogen-bond donors (Lipinski definition) is 2. The second-order valence-corrected chi connectivity index (χ2v) is 5.32.